The van der Waals surface area contributed by atoms with Crippen LogP contribution in [0.3, 0.4) is 0 Å². The molecule has 0 spiro atoms. The summed E-state index contributed by atoms with van der Waals surface area (Å²) in [5, 5.41) is 0. The molecule has 3 heterocycles. The molecular weight excluding hydrogens is 300 g/mol. The third-order valence-electron chi connectivity index (χ3n) is 6.09. The van der Waals surface area contributed by atoms with Gasteiger partial charge in [-0.25, -0.2) is 0 Å². The molecule has 3 fully saturated rings. The predicted molar refractivity (Wildman–Crippen MR) is 93.9 cm³/mol. The van der Waals surface area contributed by atoms with Crippen LogP contribution in [0.1, 0.15) is 24.0 Å². The van der Waals surface area contributed by atoms with E-state index in [9.17, 15) is 4.79 Å². The van der Waals surface area contributed by atoms with Crippen LogP contribution in [0.25, 0.3) is 0 Å². The summed E-state index contributed by atoms with van der Waals surface area (Å²) in [6.07, 6.45) is 3.45. The average Bonchev–Trinajstić information content (AvgIpc) is 3.28. The van der Waals surface area contributed by atoms with Crippen molar-refractivity contribution < 1.29 is 9.53 Å². The fourth-order valence-corrected chi connectivity index (χ4v) is 4.57. The number of nitrogens with zero attached hydrogens (tertiary/aromatic N) is 2. The van der Waals surface area contributed by atoms with Crippen LogP contribution < -0.4 is 0 Å². The van der Waals surface area contributed by atoms with Crippen molar-refractivity contribution in [3.05, 3.63) is 35.4 Å². The molecule has 0 aromatic heterocycles. The fraction of sp³-hybridized carbons (Fsp3) is 0.650. The van der Waals surface area contributed by atoms with Gasteiger partial charge in [-0.15, -0.1) is 0 Å². The summed E-state index contributed by atoms with van der Waals surface area (Å²) in [6.45, 7) is 8.26. The van der Waals surface area contributed by atoms with E-state index in [1.807, 2.05) is 17.0 Å². The molecule has 1 aromatic carbocycles. The van der Waals surface area contributed by atoms with Gasteiger partial charge in [0.05, 0.1) is 19.1 Å². The minimum atomic E-state index is 0.252. The largest absolute Gasteiger partial charge is 0.376 e. The summed E-state index contributed by atoms with van der Waals surface area (Å²) >= 11 is 0. The number of aryl methyl sites for hydroxylation is 1. The summed E-state index contributed by atoms with van der Waals surface area (Å²) in [4.78, 5) is 17.3. The number of likely N-dealkylation sites (tertiary alicyclic amines) is 2. The minimum absolute atomic E-state index is 0.252. The molecular formula is C20H28N2O2. The third kappa shape index (κ3) is 3.22. The molecule has 0 radical (unpaired) electrons. The molecule has 130 valence electrons. The van der Waals surface area contributed by atoms with E-state index in [-0.39, 0.29) is 12.0 Å². The van der Waals surface area contributed by atoms with Gasteiger partial charge in [-0.05, 0) is 44.0 Å². The van der Waals surface area contributed by atoms with Crippen LogP contribution in [0.5, 0.6) is 0 Å². The number of amides is 1. The lowest BCUT2D eigenvalue weighted by molar-refractivity contribution is -0.130. The molecule has 0 saturated carbocycles. The van der Waals surface area contributed by atoms with Gasteiger partial charge in [0.1, 0.15) is 0 Å². The van der Waals surface area contributed by atoms with Gasteiger partial charge >= 0.3 is 0 Å². The first-order valence-electron chi connectivity index (χ1n) is 9.37. The van der Waals surface area contributed by atoms with E-state index in [2.05, 4.69) is 24.0 Å². The second-order valence-electron chi connectivity index (χ2n) is 7.71. The number of ether oxygens (including phenoxy) is 1. The summed E-state index contributed by atoms with van der Waals surface area (Å²) in [6, 6.07) is 8.19. The van der Waals surface area contributed by atoms with E-state index >= 15 is 0 Å². The number of hydrogen-bond acceptors (Lipinski definition) is 3. The second-order valence-corrected chi connectivity index (χ2v) is 7.71. The number of rotatable bonds is 4. The Bertz CT molecular complexity index is 597. The first kappa shape index (κ1) is 16.1. The molecule has 3 saturated heterocycles. The van der Waals surface area contributed by atoms with Crippen LogP contribution in [-0.2, 0) is 16.0 Å². The van der Waals surface area contributed by atoms with Crippen LogP contribution in [0.4, 0.5) is 0 Å². The molecule has 1 aromatic rings. The predicted octanol–water partition coefficient (Wildman–Crippen LogP) is 2.11. The van der Waals surface area contributed by atoms with Gasteiger partial charge in [-0.3, -0.25) is 4.79 Å². The van der Waals surface area contributed by atoms with Crippen molar-refractivity contribution in [2.24, 2.45) is 11.8 Å². The Kier molecular flexibility index (Phi) is 4.59. The van der Waals surface area contributed by atoms with E-state index in [0.29, 0.717) is 18.3 Å². The lowest BCUT2D eigenvalue weighted by Gasteiger charge is -2.24. The van der Waals surface area contributed by atoms with E-state index in [4.69, 9.17) is 4.74 Å². The highest BCUT2D eigenvalue weighted by Crippen LogP contribution is 2.35. The van der Waals surface area contributed by atoms with Crippen LogP contribution in [0.15, 0.2) is 24.3 Å². The van der Waals surface area contributed by atoms with Gasteiger partial charge < -0.3 is 14.5 Å². The van der Waals surface area contributed by atoms with Gasteiger partial charge in [0.2, 0.25) is 5.91 Å². The van der Waals surface area contributed by atoms with Crippen LogP contribution in [-0.4, -0.2) is 61.1 Å². The minimum Gasteiger partial charge on any atom is -0.376 e. The highest BCUT2D eigenvalue weighted by Gasteiger charge is 2.45. The molecule has 3 aliphatic heterocycles. The molecule has 1 amide bonds. The lowest BCUT2D eigenvalue weighted by atomic mass is 9.93. The first-order valence-corrected chi connectivity index (χ1v) is 9.37. The topological polar surface area (TPSA) is 32.8 Å². The maximum atomic E-state index is 12.7. The van der Waals surface area contributed by atoms with Crippen molar-refractivity contribution in [2.75, 3.05) is 39.3 Å². The van der Waals surface area contributed by atoms with E-state index in [0.717, 1.165) is 31.8 Å². The molecule has 0 N–H and O–H groups in total. The Morgan fingerprint density at radius 1 is 1.21 bits per heavy atom. The van der Waals surface area contributed by atoms with Gasteiger partial charge in [-0.2, -0.15) is 0 Å². The number of carbonyl (C=O) groups excluding carboxylic acids is 1. The summed E-state index contributed by atoms with van der Waals surface area (Å²) in [5.41, 5.74) is 2.35. The zero-order valence-electron chi connectivity index (χ0n) is 14.6. The SMILES string of the molecule is Cc1ccccc1CC(=O)N1C[C@H]2[C@@H](CN3CCCC3)CO[C@H]2C1. The molecule has 4 heteroatoms. The number of hydrogen-bond donors (Lipinski definition) is 0. The normalized spacial score (nSPS) is 30.0. The highest BCUT2D eigenvalue weighted by atomic mass is 16.5. The molecule has 4 nitrogen and oxygen atoms in total. The Morgan fingerprint density at radius 2 is 2.00 bits per heavy atom. The third-order valence-corrected chi connectivity index (χ3v) is 6.09. The van der Waals surface area contributed by atoms with Gasteiger partial charge in [0, 0.05) is 31.5 Å². The van der Waals surface area contributed by atoms with Gasteiger partial charge in [-0.1, -0.05) is 24.3 Å². The quantitative estimate of drug-likeness (QED) is 0.849. The lowest BCUT2D eigenvalue weighted by Crippen LogP contribution is -2.35. The summed E-state index contributed by atoms with van der Waals surface area (Å²) in [7, 11) is 0. The smallest absolute Gasteiger partial charge is 0.227 e. The molecule has 0 bridgehead atoms. The second kappa shape index (κ2) is 6.85. The zero-order valence-corrected chi connectivity index (χ0v) is 14.6. The summed E-state index contributed by atoms with van der Waals surface area (Å²) < 4.78 is 6.03. The number of carbonyl (C=O) groups is 1. The van der Waals surface area contributed by atoms with Crippen molar-refractivity contribution in [1.82, 2.24) is 9.80 Å². The van der Waals surface area contributed by atoms with Crippen molar-refractivity contribution >= 4 is 5.91 Å². The van der Waals surface area contributed by atoms with Crippen molar-refractivity contribution in [3.63, 3.8) is 0 Å². The maximum absolute atomic E-state index is 12.7. The van der Waals surface area contributed by atoms with E-state index in [1.54, 1.807) is 0 Å². The Balaban J connectivity index is 1.35. The Labute approximate surface area is 144 Å². The van der Waals surface area contributed by atoms with Gasteiger partial charge in [0.15, 0.2) is 0 Å². The monoisotopic (exact) mass is 328 g/mol. The molecule has 3 atom stereocenters. The van der Waals surface area contributed by atoms with E-state index in [1.165, 1.54) is 31.5 Å². The van der Waals surface area contributed by atoms with Crippen molar-refractivity contribution in [2.45, 2.75) is 32.3 Å². The van der Waals surface area contributed by atoms with Gasteiger partial charge in [0.25, 0.3) is 0 Å². The number of benzene rings is 1. The Hall–Kier alpha value is -1.39. The summed E-state index contributed by atoms with van der Waals surface area (Å²) in [5.74, 6) is 1.39. The average molecular weight is 328 g/mol. The molecule has 24 heavy (non-hydrogen) atoms. The standard InChI is InChI=1S/C20H28N2O2/c1-15-6-2-3-7-16(15)10-20(23)22-12-18-17(14-24-19(18)13-22)11-21-8-4-5-9-21/h2-3,6-7,17-19H,4-5,8-14H2,1H3/t17-,18-,19-/m0/s1. The zero-order chi connectivity index (χ0) is 16.5. The molecule has 3 aliphatic rings. The van der Waals surface area contributed by atoms with Crippen LogP contribution in [0, 0.1) is 18.8 Å². The molecule has 4 rings (SSSR count). The highest BCUT2D eigenvalue weighted by molar-refractivity contribution is 5.79. The first-order chi connectivity index (χ1) is 11.7. The van der Waals surface area contributed by atoms with E-state index < -0.39 is 0 Å². The van der Waals surface area contributed by atoms with Crippen molar-refractivity contribution in [3.8, 4) is 0 Å². The Morgan fingerprint density at radius 3 is 2.79 bits per heavy atom. The number of fused-ring (bicyclic) bond motifs is 1. The van der Waals surface area contributed by atoms with Crippen LogP contribution in [0.2, 0.25) is 0 Å². The molecule has 0 aliphatic carbocycles. The molecule has 0 unspecified atom stereocenters. The fourth-order valence-electron chi connectivity index (χ4n) is 4.57. The van der Waals surface area contributed by atoms with Crippen LogP contribution >= 0.6 is 0 Å². The maximum Gasteiger partial charge on any atom is 0.227 e. The van der Waals surface area contributed by atoms with Crippen molar-refractivity contribution in [1.29, 1.82) is 0 Å².